The van der Waals surface area contributed by atoms with Crippen LogP contribution in [0.2, 0.25) is 25.7 Å². The van der Waals surface area contributed by atoms with Gasteiger partial charge in [0.2, 0.25) is 5.91 Å². The zero-order chi connectivity index (χ0) is 13.5. The molecule has 0 N–H and O–H groups in total. The van der Waals surface area contributed by atoms with Crippen molar-refractivity contribution >= 4 is 31.7 Å². The molecule has 1 fully saturated rings. The van der Waals surface area contributed by atoms with Crippen LogP contribution in [0.25, 0.3) is 0 Å². The van der Waals surface area contributed by atoms with Crippen molar-refractivity contribution < 1.29 is 14.3 Å². The topological polar surface area (TPSA) is 46.6 Å². The zero-order valence-electron chi connectivity index (χ0n) is 11.3. The number of fused-ring (bicyclic) bond motifs is 1. The van der Waals surface area contributed by atoms with Crippen LogP contribution in [0.4, 0.5) is 0 Å². The summed E-state index contributed by atoms with van der Waals surface area (Å²) in [5.41, 5.74) is 0.469. The Kier molecular flexibility index (Phi) is 3.60. The summed E-state index contributed by atoms with van der Waals surface area (Å²) < 4.78 is 5.30. The number of ether oxygens (including phenoxy) is 1. The fourth-order valence-corrected chi connectivity index (χ4v) is 3.91. The first-order valence-corrected chi connectivity index (χ1v) is 10.7. The molecule has 18 heavy (non-hydrogen) atoms. The number of thioether (sulfide) groups is 1. The Balaban J connectivity index is 1.93. The van der Waals surface area contributed by atoms with Gasteiger partial charge < -0.3 is 4.74 Å². The van der Waals surface area contributed by atoms with E-state index in [4.69, 9.17) is 4.74 Å². The highest BCUT2D eigenvalue weighted by Crippen LogP contribution is 2.45. The fraction of sp³-hybridized carbons (Fsp3) is 0.667. The molecule has 6 heteroatoms. The summed E-state index contributed by atoms with van der Waals surface area (Å²) >= 11 is 1.59. The first-order valence-electron chi connectivity index (χ1n) is 6.16. The van der Waals surface area contributed by atoms with Crippen LogP contribution in [0.3, 0.4) is 0 Å². The van der Waals surface area contributed by atoms with Gasteiger partial charge in [0.05, 0.1) is 18.4 Å². The Morgan fingerprint density at radius 1 is 1.50 bits per heavy atom. The highest BCUT2D eigenvalue weighted by atomic mass is 32.2. The number of β-lactam (4-membered cyclic amide) rings is 1. The van der Waals surface area contributed by atoms with Crippen LogP contribution in [0.15, 0.2) is 10.6 Å². The van der Waals surface area contributed by atoms with Crippen molar-refractivity contribution in [2.75, 3.05) is 6.61 Å². The number of carbonyl (C=O) groups excluding carboxylic acids is 2. The summed E-state index contributed by atoms with van der Waals surface area (Å²) in [5, 5.41) is 0.136. The van der Waals surface area contributed by atoms with E-state index in [1.807, 2.05) is 6.92 Å². The molecule has 0 saturated carbocycles. The van der Waals surface area contributed by atoms with Gasteiger partial charge in [0.25, 0.3) is 0 Å². The van der Waals surface area contributed by atoms with E-state index in [9.17, 15) is 9.59 Å². The second-order valence-electron chi connectivity index (χ2n) is 5.89. The van der Waals surface area contributed by atoms with E-state index >= 15 is 0 Å². The average Bonchev–Trinajstić information content (AvgIpc) is 2.48. The van der Waals surface area contributed by atoms with Gasteiger partial charge in [0, 0.05) is 13.0 Å². The molecule has 0 unspecified atom stereocenters. The number of rotatable bonds is 4. The monoisotopic (exact) mass is 285 g/mol. The minimum absolute atomic E-state index is 0.0292. The van der Waals surface area contributed by atoms with E-state index in [1.165, 1.54) is 0 Å². The second-order valence-corrected chi connectivity index (χ2v) is 12.9. The molecule has 2 aliphatic rings. The van der Waals surface area contributed by atoms with Crippen molar-refractivity contribution in [1.29, 1.82) is 0 Å². The molecule has 0 aromatic heterocycles. The van der Waals surface area contributed by atoms with Gasteiger partial charge in [-0.25, -0.2) is 4.79 Å². The van der Waals surface area contributed by atoms with Gasteiger partial charge in [0.15, 0.2) is 0 Å². The third kappa shape index (κ3) is 2.64. The van der Waals surface area contributed by atoms with Gasteiger partial charge in [-0.2, -0.15) is 0 Å². The van der Waals surface area contributed by atoms with Crippen LogP contribution in [0.1, 0.15) is 13.3 Å². The Bertz CT molecular complexity index is 428. The number of allylic oxidation sites excluding steroid dienone is 1. The number of carbonyl (C=O) groups is 2. The SMILES string of the molecule is CC1=C(C(=O)OCC[Si](C)(C)C)N2C(=O)C[C@H]2S1. The van der Waals surface area contributed by atoms with Crippen molar-refractivity contribution in [3.05, 3.63) is 10.6 Å². The van der Waals surface area contributed by atoms with Gasteiger partial charge in [0.1, 0.15) is 5.70 Å². The molecule has 0 aliphatic carbocycles. The zero-order valence-corrected chi connectivity index (χ0v) is 13.1. The summed E-state index contributed by atoms with van der Waals surface area (Å²) in [6.07, 6.45) is 0.535. The summed E-state index contributed by atoms with van der Waals surface area (Å²) in [6.45, 7) is 9.07. The lowest BCUT2D eigenvalue weighted by Crippen LogP contribution is -2.48. The quantitative estimate of drug-likeness (QED) is 0.452. The lowest BCUT2D eigenvalue weighted by molar-refractivity contribution is -0.148. The maximum absolute atomic E-state index is 12.0. The lowest BCUT2D eigenvalue weighted by Gasteiger charge is -2.34. The van der Waals surface area contributed by atoms with Crippen LogP contribution >= 0.6 is 11.8 Å². The first-order chi connectivity index (χ1) is 8.29. The Hall–Kier alpha value is -0.753. The lowest BCUT2D eigenvalue weighted by atomic mass is 10.1. The third-order valence-corrected chi connectivity index (χ3v) is 5.97. The maximum Gasteiger partial charge on any atom is 0.355 e. The number of esters is 1. The Morgan fingerprint density at radius 3 is 2.72 bits per heavy atom. The van der Waals surface area contributed by atoms with E-state index in [-0.39, 0.29) is 17.3 Å². The van der Waals surface area contributed by atoms with E-state index in [1.54, 1.807) is 16.7 Å². The van der Waals surface area contributed by atoms with Crippen molar-refractivity contribution in [3.8, 4) is 0 Å². The van der Waals surface area contributed by atoms with Crippen LogP contribution in [0.5, 0.6) is 0 Å². The average molecular weight is 285 g/mol. The number of hydrogen-bond donors (Lipinski definition) is 0. The minimum atomic E-state index is -1.19. The number of hydrogen-bond acceptors (Lipinski definition) is 4. The van der Waals surface area contributed by atoms with Gasteiger partial charge >= 0.3 is 5.97 Å². The standard InChI is InChI=1S/C12H19NO3SSi/c1-8-11(13-9(14)7-10(13)17-8)12(15)16-5-6-18(2,3)4/h10H,5-7H2,1-4H3/t10-/m1/s1. The largest absolute Gasteiger partial charge is 0.461 e. The predicted molar refractivity (Wildman–Crippen MR) is 74.7 cm³/mol. The molecule has 2 heterocycles. The van der Waals surface area contributed by atoms with Crippen molar-refractivity contribution in [2.24, 2.45) is 0 Å². The van der Waals surface area contributed by atoms with Crippen molar-refractivity contribution in [1.82, 2.24) is 4.90 Å². The Labute approximate surface area is 113 Å². The van der Waals surface area contributed by atoms with Crippen LogP contribution in [0, 0.1) is 0 Å². The molecule has 0 aromatic carbocycles. The van der Waals surface area contributed by atoms with E-state index < -0.39 is 8.07 Å². The van der Waals surface area contributed by atoms with Crippen LogP contribution < -0.4 is 0 Å². The molecular weight excluding hydrogens is 266 g/mol. The molecule has 4 nitrogen and oxygen atoms in total. The molecule has 0 spiro atoms. The molecule has 0 radical (unpaired) electrons. The molecule has 2 rings (SSSR count). The van der Waals surface area contributed by atoms with Gasteiger partial charge in [-0.05, 0) is 13.0 Å². The van der Waals surface area contributed by atoms with E-state index in [2.05, 4.69) is 19.6 Å². The molecule has 2 aliphatic heterocycles. The van der Waals surface area contributed by atoms with Crippen molar-refractivity contribution in [3.63, 3.8) is 0 Å². The molecule has 1 saturated heterocycles. The molecule has 0 aromatic rings. The predicted octanol–water partition coefficient (Wildman–Crippen LogP) is 2.40. The summed E-state index contributed by atoms with van der Waals surface area (Å²) in [5.74, 6) is -0.310. The van der Waals surface area contributed by atoms with Crippen molar-refractivity contribution in [2.45, 2.75) is 44.4 Å². The normalized spacial score (nSPS) is 23.0. The molecular formula is C12H19NO3SSi. The second kappa shape index (κ2) is 4.73. The highest BCUT2D eigenvalue weighted by molar-refractivity contribution is 8.04. The summed E-state index contributed by atoms with van der Waals surface area (Å²) in [6, 6.07) is 0.954. The smallest absolute Gasteiger partial charge is 0.355 e. The maximum atomic E-state index is 12.0. The third-order valence-electron chi connectivity index (χ3n) is 3.07. The summed E-state index contributed by atoms with van der Waals surface area (Å²) in [4.78, 5) is 26.0. The molecule has 1 atom stereocenters. The van der Waals surface area contributed by atoms with E-state index in [0.29, 0.717) is 18.7 Å². The molecule has 100 valence electrons. The van der Waals surface area contributed by atoms with Gasteiger partial charge in [-0.15, -0.1) is 11.8 Å². The molecule has 0 bridgehead atoms. The number of amides is 1. The van der Waals surface area contributed by atoms with Crippen LogP contribution in [-0.2, 0) is 14.3 Å². The number of nitrogens with zero attached hydrogens (tertiary/aromatic N) is 1. The summed E-state index contributed by atoms with van der Waals surface area (Å²) in [7, 11) is -1.19. The van der Waals surface area contributed by atoms with Gasteiger partial charge in [-0.3, -0.25) is 9.69 Å². The van der Waals surface area contributed by atoms with Crippen LogP contribution in [-0.4, -0.2) is 36.8 Å². The highest BCUT2D eigenvalue weighted by Gasteiger charge is 2.47. The Morgan fingerprint density at radius 2 is 2.17 bits per heavy atom. The fourth-order valence-electron chi connectivity index (χ4n) is 1.94. The first kappa shape index (κ1) is 13.7. The molecule has 1 amide bonds. The van der Waals surface area contributed by atoms with Gasteiger partial charge in [-0.1, -0.05) is 19.6 Å². The minimum Gasteiger partial charge on any atom is -0.461 e. The van der Waals surface area contributed by atoms with E-state index in [0.717, 1.165) is 10.9 Å².